The molecular formula is C3H6O3. The third-order valence-electron chi connectivity index (χ3n) is 0. The van der Waals surface area contributed by atoms with Crippen LogP contribution in [0.25, 0.3) is 0 Å². The first-order valence-corrected chi connectivity index (χ1v) is 1.22. The second kappa shape index (κ2) is 27.0. The van der Waals surface area contributed by atoms with E-state index in [9.17, 15) is 0 Å². The molecule has 0 fully saturated rings. The predicted octanol–water partition coefficient (Wildman–Crippen LogP) is -0.321. The van der Waals surface area contributed by atoms with Crippen LogP contribution in [0.4, 0.5) is 0 Å². The van der Waals surface area contributed by atoms with Gasteiger partial charge in [0.05, 0.1) is 0 Å². The fraction of sp³-hybridized carbons (Fsp3) is 0.667. The molecule has 0 aliphatic heterocycles. The van der Waals surface area contributed by atoms with E-state index in [-0.39, 0.29) is 6.15 Å². The zero-order valence-corrected chi connectivity index (χ0v) is 3.72. The second-order valence-corrected chi connectivity index (χ2v) is 0.492. The van der Waals surface area contributed by atoms with E-state index in [0.717, 1.165) is 0 Å². The minimum absolute atomic E-state index is 0.250. The van der Waals surface area contributed by atoms with E-state index in [1.54, 1.807) is 14.2 Å². The molecule has 0 aromatic carbocycles. The standard InChI is InChI=1S/C2H6O.CO2/c1-3-2;2-1-3/h1-2H3;. The molecule has 0 amide bonds. The van der Waals surface area contributed by atoms with Gasteiger partial charge in [-0.25, -0.2) is 0 Å². The summed E-state index contributed by atoms with van der Waals surface area (Å²) in [5.74, 6) is 0. The molecule has 0 rings (SSSR count). The highest BCUT2D eigenvalue weighted by Gasteiger charge is 1.25. The summed E-state index contributed by atoms with van der Waals surface area (Å²) >= 11 is 0. The number of hydrogen-bond acceptors (Lipinski definition) is 3. The van der Waals surface area contributed by atoms with E-state index in [2.05, 4.69) is 4.74 Å². The lowest BCUT2D eigenvalue weighted by atomic mass is 11.6. The lowest BCUT2D eigenvalue weighted by molar-refractivity contribution is -0.191. The minimum atomic E-state index is 0.250. The number of ether oxygens (including phenoxy) is 1. The fourth-order valence-corrected chi connectivity index (χ4v) is 0. The summed E-state index contributed by atoms with van der Waals surface area (Å²) in [6.45, 7) is 0. The Balaban J connectivity index is 0. The van der Waals surface area contributed by atoms with Gasteiger partial charge in [-0.2, -0.15) is 9.59 Å². The molecule has 36 valence electrons. The summed E-state index contributed by atoms with van der Waals surface area (Å²) in [6.07, 6.45) is 0.250. The Labute approximate surface area is 35.9 Å². The molecule has 0 unspecified atom stereocenters. The molecule has 0 aliphatic rings. The van der Waals surface area contributed by atoms with Crippen LogP contribution in [0.15, 0.2) is 0 Å². The number of hydrogen-bond donors (Lipinski definition) is 0. The molecule has 0 aromatic rings. The first kappa shape index (κ1) is 9.02. The summed E-state index contributed by atoms with van der Waals surface area (Å²) in [7, 11) is 3.25. The maximum absolute atomic E-state index is 8.12. The van der Waals surface area contributed by atoms with Gasteiger partial charge in [0, 0.05) is 14.2 Å². The van der Waals surface area contributed by atoms with Gasteiger partial charge >= 0.3 is 6.15 Å². The Kier molecular flexibility index (Phi) is 40.5. The maximum atomic E-state index is 8.12. The third-order valence-corrected chi connectivity index (χ3v) is 0. The van der Waals surface area contributed by atoms with Crippen molar-refractivity contribution in [3.8, 4) is 0 Å². The van der Waals surface area contributed by atoms with Gasteiger partial charge in [-0.1, -0.05) is 0 Å². The molecule has 0 saturated carbocycles. The zero-order valence-electron chi connectivity index (χ0n) is 3.72. The minimum Gasteiger partial charge on any atom is -0.388 e. The smallest absolute Gasteiger partial charge is 0.373 e. The normalized spacial score (nSPS) is 4.33. The Morgan fingerprint density at radius 2 is 1.33 bits per heavy atom. The topological polar surface area (TPSA) is 43.4 Å². The van der Waals surface area contributed by atoms with E-state index in [4.69, 9.17) is 9.59 Å². The molecular weight excluding hydrogens is 84.0 g/mol. The first-order valence-electron chi connectivity index (χ1n) is 1.22. The molecule has 3 nitrogen and oxygen atoms in total. The second-order valence-electron chi connectivity index (χ2n) is 0.492. The van der Waals surface area contributed by atoms with Gasteiger partial charge in [0.2, 0.25) is 0 Å². The average molecular weight is 90.1 g/mol. The Morgan fingerprint density at radius 3 is 1.33 bits per heavy atom. The van der Waals surface area contributed by atoms with Gasteiger partial charge in [-0.15, -0.1) is 0 Å². The highest BCUT2D eigenvalue weighted by molar-refractivity contribution is 5.20. The molecule has 0 spiro atoms. The predicted molar refractivity (Wildman–Crippen MR) is 17.9 cm³/mol. The van der Waals surface area contributed by atoms with Crippen molar-refractivity contribution in [1.82, 2.24) is 0 Å². The molecule has 3 heteroatoms. The van der Waals surface area contributed by atoms with E-state index in [1.165, 1.54) is 0 Å². The van der Waals surface area contributed by atoms with E-state index in [1.807, 2.05) is 0 Å². The summed E-state index contributed by atoms with van der Waals surface area (Å²) in [5, 5.41) is 0. The van der Waals surface area contributed by atoms with Gasteiger partial charge < -0.3 is 4.74 Å². The van der Waals surface area contributed by atoms with E-state index in [0.29, 0.717) is 0 Å². The monoisotopic (exact) mass is 90.0 g/mol. The van der Waals surface area contributed by atoms with Crippen LogP contribution in [-0.2, 0) is 14.3 Å². The van der Waals surface area contributed by atoms with Crippen molar-refractivity contribution in [1.29, 1.82) is 0 Å². The van der Waals surface area contributed by atoms with Crippen molar-refractivity contribution in [2.75, 3.05) is 14.2 Å². The van der Waals surface area contributed by atoms with Crippen molar-refractivity contribution in [2.24, 2.45) is 0 Å². The van der Waals surface area contributed by atoms with Gasteiger partial charge in [-0.05, 0) is 0 Å². The number of rotatable bonds is 0. The number of methoxy groups -OCH3 is 1. The van der Waals surface area contributed by atoms with E-state index < -0.39 is 0 Å². The third kappa shape index (κ3) is 42.0. The lowest BCUT2D eigenvalue weighted by Gasteiger charge is -1.61. The molecule has 0 saturated heterocycles. The molecule has 0 aromatic heterocycles. The average Bonchev–Trinajstić information content (AvgIpc) is 1.39. The molecule has 6 heavy (non-hydrogen) atoms. The zero-order chi connectivity index (χ0) is 5.41. The Bertz CT molecular complexity index is 35.3. The van der Waals surface area contributed by atoms with Gasteiger partial charge in [0.1, 0.15) is 0 Å². The molecule has 0 atom stereocenters. The molecule has 0 heterocycles. The largest absolute Gasteiger partial charge is 0.388 e. The highest BCUT2D eigenvalue weighted by Crippen LogP contribution is 1.28. The van der Waals surface area contributed by atoms with Crippen molar-refractivity contribution in [3.63, 3.8) is 0 Å². The van der Waals surface area contributed by atoms with Gasteiger partial charge in [0.15, 0.2) is 0 Å². The summed E-state index contributed by atoms with van der Waals surface area (Å²) in [4.78, 5) is 16.2. The van der Waals surface area contributed by atoms with Crippen LogP contribution in [0.1, 0.15) is 0 Å². The molecule has 0 bridgehead atoms. The van der Waals surface area contributed by atoms with Crippen LogP contribution in [-0.4, -0.2) is 20.4 Å². The molecule has 0 aliphatic carbocycles. The molecule has 0 radical (unpaired) electrons. The van der Waals surface area contributed by atoms with Crippen LogP contribution in [0.2, 0.25) is 0 Å². The van der Waals surface area contributed by atoms with Gasteiger partial charge in [0.25, 0.3) is 0 Å². The van der Waals surface area contributed by atoms with Gasteiger partial charge in [-0.3, -0.25) is 0 Å². The van der Waals surface area contributed by atoms with Crippen LogP contribution in [0, 0.1) is 0 Å². The first-order chi connectivity index (χ1) is 2.83. The fourth-order valence-electron chi connectivity index (χ4n) is 0. The highest BCUT2D eigenvalue weighted by atomic mass is 16.4. The summed E-state index contributed by atoms with van der Waals surface area (Å²) in [6, 6.07) is 0. The van der Waals surface area contributed by atoms with Crippen LogP contribution in [0.3, 0.4) is 0 Å². The number of carbonyl (C=O) groups excluding carboxylic acids is 2. The van der Waals surface area contributed by atoms with Crippen LogP contribution < -0.4 is 0 Å². The quantitative estimate of drug-likeness (QED) is 0.409. The van der Waals surface area contributed by atoms with Crippen molar-refractivity contribution in [2.45, 2.75) is 0 Å². The SMILES string of the molecule is COC.O=C=O. The summed E-state index contributed by atoms with van der Waals surface area (Å²) < 4.78 is 4.25. The maximum Gasteiger partial charge on any atom is 0.373 e. The van der Waals surface area contributed by atoms with Crippen molar-refractivity contribution in [3.05, 3.63) is 0 Å². The van der Waals surface area contributed by atoms with Crippen LogP contribution >= 0.6 is 0 Å². The van der Waals surface area contributed by atoms with Crippen molar-refractivity contribution >= 4 is 6.15 Å². The Hall–Kier alpha value is -0.660. The van der Waals surface area contributed by atoms with Crippen LogP contribution in [0.5, 0.6) is 0 Å². The van der Waals surface area contributed by atoms with Crippen molar-refractivity contribution < 1.29 is 14.3 Å². The molecule has 0 N–H and O–H groups in total. The Morgan fingerprint density at radius 1 is 1.33 bits per heavy atom. The van der Waals surface area contributed by atoms with E-state index >= 15 is 0 Å². The lowest BCUT2D eigenvalue weighted by Crippen LogP contribution is -1.55. The summed E-state index contributed by atoms with van der Waals surface area (Å²) in [5.41, 5.74) is 0.